The largest absolute Gasteiger partial charge is 0.461 e. The quantitative estimate of drug-likeness (QED) is 0.0538. The number of hydrogen-bond acceptors (Lipinski definition) is 10. The molecule has 0 radical (unpaired) electrons. The van der Waals surface area contributed by atoms with Crippen molar-refractivity contribution in [3.63, 3.8) is 0 Å². The van der Waals surface area contributed by atoms with Gasteiger partial charge >= 0.3 is 12.0 Å². The Balaban J connectivity index is 1.28. The maximum absolute atomic E-state index is 17.7. The van der Waals surface area contributed by atoms with Crippen LogP contribution in [-0.2, 0) is 21.4 Å². The van der Waals surface area contributed by atoms with E-state index in [-0.39, 0.29) is 39.5 Å². The minimum Gasteiger partial charge on any atom is -0.461 e. The molecule has 2 aromatic heterocycles. The van der Waals surface area contributed by atoms with Crippen molar-refractivity contribution in [1.29, 1.82) is 0 Å². The van der Waals surface area contributed by atoms with Crippen LogP contribution in [0.5, 0.6) is 11.8 Å². The number of esters is 1. The standard InChI is InChI=1S/C47H54F2N6O5/c1-45(2,3)36-14-7-6-12-32(36)43(57)60-31-24-30-15-16-37(48)33(13-8-23-58-5)38(30)34(25-31)40-39(49)41-35(26-50-40)42(54-20-9-17-46(4,27-54)51-29-56)53-44(52-41)59-28-47-18-10-21-55(47)22-11-19-47/h6-7,12,14-16,24-26,29H,8-11,13,17-23,27-28H2,1-5H3,(H,51,56). The summed E-state index contributed by atoms with van der Waals surface area (Å²) in [6.45, 7) is 11.9. The van der Waals surface area contributed by atoms with Gasteiger partial charge in [-0.1, -0.05) is 45.0 Å². The Hall–Kier alpha value is -5.27. The molecule has 3 aliphatic rings. The van der Waals surface area contributed by atoms with Crippen LogP contribution in [0.1, 0.15) is 94.1 Å². The van der Waals surface area contributed by atoms with E-state index in [1.54, 1.807) is 43.6 Å². The molecule has 1 unspecified atom stereocenters. The second kappa shape index (κ2) is 16.6. The first kappa shape index (κ1) is 41.5. The third-order valence-electron chi connectivity index (χ3n) is 12.7. The zero-order valence-electron chi connectivity index (χ0n) is 35.2. The van der Waals surface area contributed by atoms with Crippen LogP contribution < -0.4 is 19.7 Å². The van der Waals surface area contributed by atoms with Gasteiger partial charge in [-0.15, -0.1) is 0 Å². The van der Waals surface area contributed by atoms with Crippen molar-refractivity contribution in [1.82, 2.24) is 25.2 Å². The van der Waals surface area contributed by atoms with Crippen molar-refractivity contribution < 1.29 is 32.6 Å². The van der Waals surface area contributed by atoms with Gasteiger partial charge in [0, 0.05) is 38.6 Å². The number of hydrogen-bond donors (Lipinski definition) is 1. The van der Waals surface area contributed by atoms with Crippen LogP contribution in [0.25, 0.3) is 32.9 Å². The predicted octanol–water partition coefficient (Wildman–Crippen LogP) is 8.33. The molecule has 5 heterocycles. The number of fused-ring (bicyclic) bond motifs is 3. The highest BCUT2D eigenvalue weighted by atomic mass is 19.1. The number of aromatic nitrogens is 3. The van der Waals surface area contributed by atoms with Gasteiger partial charge in [0.25, 0.3) is 0 Å². The normalized spacial score (nSPS) is 19.1. The number of halogens is 2. The third-order valence-corrected chi connectivity index (χ3v) is 12.7. The Morgan fingerprint density at radius 3 is 2.52 bits per heavy atom. The van der Waals surface area contributed by atoms with Gasteiger partial charge in [-0.2, -0.15) is 9.97 Å². The molecule has 3 fully saturated rings. The fourth-order valence-corrected chi connectivity index (χ4v) is 9.70. The van der Waals surface area contributed by atoms with Gasteiger partial charge in [0.2, 0.25) is 6.41 Å². The molecule has 5 aromatic rings. The number of benzene rings is 3. The molecule has 11 nitrogen and oxygen atoms in total. The van der Waals surface area contributed by atoms with Crippen LogP contribution in [0.4, 0.5) is 14.6 Å². The molecule has 0 bridgehead atoms. The van der Waals surface area contributed by atoms with Gasteiger partial charge in [-0.05, 0) is 123 Å². The van der Waals surface area contributed by atoms with Gasteiger partial charge in [0.05, 0.1) is 22.0 Å². The van der Waals surface area contributed by atoms with Crippen molar-refractivity contribution in [2.24, 2.45) is 0 Å². The summed E-state index contributed by atoms with van der Waals surface area (Å²) in [6, 6.07) is 13.6. The molecular formula is C47H54F2N6O5. The van der Waals surface area contributed by atoms with Crippen LogP contribution in [0.2, 0.25) is 0 Å². The molecule has 3 aromatic carbocycles. The maximum atomic E-state index is 17.7. The summed E-state index contributed by atoms with van der Waals surface area (Å²) < 4.78 is 51.5. The molecule has 1 N–H and O–H groups in total. The molecule has 316 valence electrons. The Morgan fingerprint density at radius 2 is 1.77 bits per heavy atom. The van der Waals surface area contributed by atoms with E-state index < -0.39 is 23.1 Å². The van der Waals surface area contributed by atoms with Crippen molar-refractivity contribution in [3.8, 4) is 23.0 Å². The summed E-state index contributed by atoms with van der Waals surface area (Å²) in [5.74, 6) is -1.16. The van der Waals surface area contributed by atoms with Crippen LogP contribution in [0.3, 0.4) is 0 Å². The molecule has 0 spiro atoms. The molecule has 1 amide bonds. The third kappa shape index (κ3) is 8.01. The number of piperidine rings is 1. The van der Waals surface area contributed by atoms with Crippen LogP contribution in [0.15, 0.2) is 54.7 Å². The highest BCUT2D eigenvalue weighted by Crippen LogP contribution is 2.42. The number of nitrogens with one attached hydrogen (secondary N) is 1. The lowest BCUT2D eigenvalue weighted by Crippen LogP contribution is -2.55. The fourth-order valence-electron chi connectivity index (χ4n) is 9.70. The van der Waals surface area contributed by atoms with Gasteiger partial charge in [0.15, 0.2) is 5.82 Å². The highest BCUT2D eigenvalue weighted by Gasteiger charge is 2.45. The second-order valence-corrected chi connectivity index (χ2v) is 17.9. The average Bonchev–Trinajstić information content (AvgIpc) is 3.81. The van der Waals surface area contributed by atoms with Gasteiger partial charge in [-0.3, -0.25) is 14.7 Å². The SMILES string of the molecule is COCCCc1c(F)ccc2cc(OC(=O)c3ccccc3C(C)(C)C)cc(-c3ncc4c(N5CCCC(C)(NC=O)C5)nc(OCC56CCCN5CCC6)nc4c3F)c12. The molecule has 3 saturated heterocycles. The first-order chi connectivity index (χ1) is 28.8. The zero-order chi connectivity index (χ0) is 42.2. The van der Waals surface area contributed by atoms with Crippen molar-refractivity contribution in [3.05, 3.63) is 83.1 Å². The lowest BCUT2D eigenvalue weighted by molar-refractivity contribution is -0.111. The Morgan fingerprint density at radius 1 is 1.00 bits per heavy atom. The van der Waals surface area contributed by atoms with E-state index in [1.165, 1.54) is 6.07 Å². The van der Waals surface area contributed by atoms with Gasteiger partial charge in [0.1, 0.15) is 35.2 Å². The van der Waals surface area contributed by atoms with Crippen molar-refractivity contribution in [2.75, 3.05) is 51.4 Å². The first-order valence-electron chi connectivity index (χ1n) is 21.1. The van der Waals surface area contributed by atoms with E-state index >= 15 is 8.78 Å². The molecule has 1 atom stereocenters. The topological polar surface area (TPSA) is 119 Å². The minimum absolute atomic E-state index is 0.00480. The number of carbonyl (C=O) groups excluding carboxylic acids is 2. The van der Waals surface area contributed by atoms with Gasteiger partial charge < -0.3 is 24.4 Å². The number of anilines is 1. The van der Waals surface area contributed by atoms with Gasteiger partial charge in [-0.25, -0.2) is 13.6 Å². The van der Waals surface area contributed by atoms with E-state index in [1.807, 2.05) is 44.7 Å². The Kier molecular flexibility index (Phi) is 11.5. The Labute approximate surface area is 349 Å². The van der Waals surface area contributed by atoms with E-state index in [0.717, 1.165) is 57.2 Å². The van der Waals surface area contributed by atoms with E-state index in [0.29, 0.717) is 78.7 Å². The molecule has 60 heavy (non-hydrogen) atoms. The molecule has 8 rings (SSSR count). The summed E-state index contributed by atoms with van der Waals surface area (Å²) in [5.41, 5.74) is 0.775. The lowest BCUT2D eigenvalue weighted by Gasteiger charge is -2.41. The summed E-state index contributed by atoms with van der Waals surface area (Å²) in [6.07, 6.45) is 8.82. The molecule has 13 heteroatoms. The van der Waals surface area contributed by atoms with E-state index in [2.05, 4.69) is 10.2 Å². The summed E-state index contributed by atoms with van der Waals surface area (Å²) in [4.78, 5) is 44.4. The number of rotatable bonds is 13. The maximum Gasteiger partial charge on any atom is 0.343 e. The lowest BCUT2D eigenvalue weighted by atomic mass is 9.84. The predicted molar refractivity (Wildman–Crippen MR) is 228 cm³/mol. The molecule has 0 aliphatic carbocycles. The number of methoxy groups -OCH3 is 1. The van der Waals surface area contributed by atoms with E-state index in [9.17, 15) is 9.59 Å². The zero-order valence-corrected chi connectivity index (χ0v) is 35.2. The molecular weight excluding hydrogens is 767 g/mol. The second-order valence-electron chi connectivity index (χ2n) is 17.9. The van der Waals surface area contributed by atoms with Crippen LogP contribution in [0, 0.1) is 11.6 Å². The number of pyridine rings is 1. The monoisotopic (exact) mass is 820 g/mol. The van der Waals surface area contributed by atoms with Crippen LogP contribution in [-0.4, -0.2) is 89.8 Å². The summed E-state index contributed by atoms with van der Waals surface area (Å²) in [5, 5.41) is 4.34. The average molecular weight is 821 g/mol. The summed E-state index contributed by atoms with van der Waals surface area (Å²) >= 11 is 0. The fraction of sp³-hybridized carbons (Fsp3) is 0.468. The van der Waals surface area contributed by atoms with E-state index in [4.69, 9.17) is 29.2 Å². The van der Waals surface area contributed by atoms with Crippen molar-refractivity contribution in [2.45, 2.75) is 95.6 Å². The molecule has 0 saturated carbocycles. The van der Waals surface area contributed by atoms with Crippen molar-refractivity contribution >= 4 is 39.9 Å². The van der Waals surface area contributed by atoms with Crippen LogP contribution >= 0.6 is 0 Å². The number of nitrogens with zero attached hydrogens (tertiary/aromatic N) is 5. The highest BCUT2D eigenvalue weighted by molar-refractivity contribution is 6.02. The number of ether oxygens (including phenoxy) is 3. The minimum atomic E-state index is -0.747. The number of amides is 1. The smallest absolute Gasteiger partial charge is 0.343 e. The first-order valence-corrected chi connectivity index (χ1v) is 21.1. The molecule has 3 aliphatic heterocycles. The Bertz CT molecular complexity index is 2430. The summed E-state index contributed by atoms with van der Waals surface area (Å²) in [7, 11) is 1.59. The number of carbonyl (C=O) groups is 2. The number of aryl methyl sites for hydroxylation is 1.